The molecule has 1 aromatic rings. The number of hydrogen-bond acceptors (Lipinski definition) is 2. The Balaban J connectivity index is 2.48. The number of carbonyl (C=O) groups is 1. The molecule has 1 amide bonds. The van der Waals surface area contributed by atoms with E-state index in [-0.39, 0.29) is 11.8 Å². The van der Waals surface area contributed by atoms with E-state index in [0.717, 1.165) is 16.8 Å². The number of hydrogen-bond donors (Lipinski definition) is 2. The van der Waals surface area contributed by atoms with Crippen molar-refractivity contribution in [1.82, 2.24) is 5.32 Å². The number of rotatable bonds is 2. The Morgan fingerprint density at radius 3 is 2.94 bits per heavy atom. The third-order valence-electron chi connectivity index (χ3n) is 3.18. The number of benzene rings is 1. The van der Waals surface area contributed by atoms with Crippen molar-refractivity contribution < 1.29 is 4.79 Å². The molecule has 0 spiro atoms. The molecule has 0 saturated heterocycles. The van der Waals surface area contributed by atoms with Crippen molar-refractivity contribution in [2.45, 2.75) is 25.8 Å². The first-order valence-corrected chi connectivity index (χ1v) is 6.29. The van der Waals surface area contributed by atoms with Crippen LogP contribution in [-0.4, -0.2) is 17.6 Å². The lowest BCUT2D eigenvalue weighted by Gasteiger charge is -2.31. The highest BCUT2D eigenvalue weighted by Crippen LogP contribution is 2.33. The van der Waals surface area contributed by atoms with Crippen LogP contribution in [0.15, 0.2) is 23.2 Å². The molecule has 0 atom stereocenters. The minimum atomic E-state index is -0.547. The monoisotopic (exact) mass is 265 g/mol. The molecule has 1 aliphatic heterocycles. The predicted octanol–water partition coefficient (Wildman–Crippen LogP) is 1.82. The second-order valence-corrected chi connectivity index (χ2v) is 5.15. The van der Waals surface area contributed by atoms with Crippen LogP contribution >= 0.6 is 11.6 Å². The number of amides is 1. The summed E-state index contributed by atoms with van der Waals surface area (Å²) in [5, 5.41) is 2.88. The highest BCUT2D eigenvalue weighted by molar-refractivity contribution is 6.28. The van der Waals surface area contributed by atoms with Crippen molar-refractivity contribution in [3.05, 3.63) is 29.3 Å². The van der Waals surface area contributed by atoms with Gasteiger partial charge in [-0.05, 0) is 37.1 Å². The molecule has 0 radical (unpaired) electrons. The molecule has 5 heteroatoms. The Hall–Kier alpha value is -1.55. The lowest BCUT2D eigenvalue weighted by Crippen LogP contribution is -2.44. The average Bonchev–Trinajstić information content (AvgIpc) is 2.35. The summed E-state index contributed by atoms with van der Waals surface area (Å²) in [6.07, 6.45) is 0. The zero-order valence-corrected chi connectivity index (χ0v) is 11.2. The third kappa shape index (κ3) is 2.20. The van der Waals surface area contributed by atoms with Crippen LogP contribution in [-0.2, 0) is 16.8 Å². The maximum absolute atomic E-state index is 11.9. The quantitative estimate of drug-likeness (QED) is 0.487. The molecular formula is C13H16ClN3O. The van der Waals surface area contributed by atoms with E-state index in [1.807, 2.05) is 32.0 Å². The van der Waals surface area contributed by atoms with Gasteiger partial charge < -0.3 is 11.1 Å². The van der Waals surface area contributed by atoms with Gasteiger partial charge in [0, 0.05) is 6.54 Å². The maximum atomic E-state index is 11.9. The number of fused-ring (bicyclic) bond motifs is 1. The number of nitrogens with two attached hydrogens (primary N) is 1. The zero-order chi connectivity index (χ0) is 13.3. The Kier molecular flexibility index (Phi) is 3.30. The highest BCUT2D eigenvalue weighted by atomic mass is 35.5. The minimum absolute atomic E-state index is 0.0291. The van der Waals surface area contributed by atoms with E-state index in [4.69, 9.17) is 17.3 Å². The van der Waals surface area contributed by atoms with E-state index in [1.54, 1.807) is 0 Å². The van der Waals surface area contributed by atoms with E-state index in [9.17, 15) is 4.79 Å². The first kappa shape index (κ1) is 12.9. The van der Waals surface area contributed by atoms with Crippen LogP contribution in [0, 0.1) is 0 Å². The van der Waals surface area contributed by atoms with Crippen molar-refractivity contribution in [2.75, 3.05) is 5.88 Å². The molecule has 18 heavy (non-hydrogen) atoms. The van der Waals surface area contributed by atoms with E-state index < -0.39 is 5.41 Å². The number of carbonyl (C=O) groups excluding carboxylic acids is 1. The van der Waals surface area contributed by atoms with Crippen LogP contribution in [0.4, 0.5) is 5.69 Å². The molecule has 0 bridgehead atoms. The largest absolute Gasteiger partial charge is 0.386 e. The van der Waals surface area contributed by atoms with Gasteiger partial charge in [0.15, 0.2) is 0 Å². The SMILES string of the molecule is CC1(C)C(=O)NCc2ccc(N=C(N)CCl)cc21. The fraction of sp³-hybridized carbons (Fsp3) is 0.385. The van der Waals surface area contributed by atoms with Crippen molar-refractivity contribution >= 4 is 29.0 Å². The van der Waals surface area contributed by atoms with Crippen LogP contribution in [0.1, 0.15) is 25.0 Å². The average molecular weight is 266 g/mol. The van der Waals surface area contributed by atoms with Gasteiger partial charge in [-0.15, -0.1) is 11.6 Å². The minimum Gasteiger partial charge on any atom is -0.386 e. The Bertz CT molecular complexity index is 523. The molecule has 4 nitrogen and oxygen atoms in total. The number of alkyl halides is 1. The molecule has 0 unspecified atom stereocenters. The number of nitrogens with zero attached hydrogens (tertiary/aromatic N) is 1. The van der Waals surface area contributed by atoms with Crippen molar-refractivity contribution in [2.24, 2.45) is 10.7 Å². The van der Waals surface area contributed by atoms with Gasteiger partial charge in [0.2, 0.25) is 5.91 Å². The molecule has 96 valence electrons. The summed E-state index contributed by atoms with van der Waals surface area (Å²) in [5.74, 6) is 0.595. The van der Waals surface area contributed by atoms with Crippen molar-refractivity contribution in [3.8, 4) is 0 Å². The molecule has 0 fully saturated rings. The predicted molar refractivity (Wildman–Crippen MR) is 73.3 cm³/mol. The summed E-state index contributed by atoms with van der Waals surface area (Å²) in [4.78, 5) is 16.1. The third-order valence-corrected chi connectivity index (χ3v) is 3.46. The number of aliphatic imine (C=N–C) groups is 1. The summed E-state index contributed by atoms with van der Waals surface area (Å²) < 4.78 is 0. The normalized spacial score (nSPS) is 18.2. The Morgan fingerprint density at radius 2 is 2.28 bits per heavy atom. The molecule has 2 rings (SSSR count). The second-order valence-electron chi connectivity index (χ2n) is 4.89. The summed E-state index contributed by atoms with van der Waals surface area (Å²) in [5.41, 5.74) is 7.91. The topological polar surface area (TPSA) is 67.5 Å². The standard InChI is InChI=1S/C13H16ClN3O/c1-13(2)10-5-9(17-11(15)6-14)4-3-8(10)7-16-12(13)18/h3-5H,6-7H2,1-2H3,(H2,15,17)(H,16,18). The van der Waals surface area contributed by atoms with Crippen LogP contribution < -0.4 is 11.1 Å². The number of amidine groups is 1. The van der Waals surface area contributed by atoms with Gasteiger partial charge in [0.05, 0.1) is 17.0 Å². The van der Waals surface area contributed by atoms with Crippen LogP contribution in [0.2, 0.25) is 0 Å². The lowest BCUT2D eigenvalue weighted by atomic mass is 9.78. The van der Waals surface area contributed by atoms with Gasteiger partial charge in [-0.1, -0.05) is 6.07 Å². The van der Waals surface area contributed by atoms with Gasteiger partial charge in [-0.3, -0.25) is 4.79 Å². The lowest BCUT2D eigenvalue weighted by molar-refractivity contribution is -0.126. The first-order chi connectivity index (χ1) is 8.45. The van der Waals surface area contributed by atoms with Gasteiger partial charge in [-0.25, -0.2) is 4.99 Å². The summed E-state index contributed by atoms with van der Waals surface area (Å²) in [6, 6.07) is 5.76. The molecule has 1 heterocycles. The van der Waals surface area contributed by atoms with Crippen molar-refractivity contribution in [3.63, 3.8) is 0 Å². The van der Waals surface area contributed by atoms with E-state index >= 15 is 0 Å². The van der Waals surface area contributed by atoms with E-state index in [0.29, 0.717) is 12.4 Å². The molecule has 0 saturated carbocycles. The Labute approximate surface area is 111 Å². The number of halogens is 1. The second kappa shape index (κ2) is 4.61. The van der Waals surface area contributed by atoms with Crippen LogP contribution in [0.25, 0.3) is 0 Å². The highest BCUT2D eigenvalue weighted by Gasteiger charge is 2.35. The molecule has 0 aliphatic carbocycles. The van der Waals surface area contributed by atoms with Crippen LogP contribution in [0.5, 0.6) is 0 Å². The van der Waals surface area contributed by atoms with E-state index in [2.05, 4.69) is 10.3 Å². The van der Waals surface area contributed by atoms with Gasteiger partial charge in [0.25, 0.3) is 0 Å². The maximum Gasteiger partial charge on any atom is 0.230 e. The molecule has 1 aromatic carbocycles. The fourth-order valence-corrected chi connectivity index (χ4v) is 2.14. The fourth-order valence-electron chi connectivity index (χ4n) is 2.08. The summed E-state index contributed by atoms with van der Waals surface area (Å²) >= 11 is 5.60. The first-order valence-electron chi connectivity index (χ1n) is 5.76. The van der Waals surface area contributed by atoms with Gasteiger partial charge >= 0.3 is 0 Å². The number of nitrogens with one attached hydrogen (secondary N) is 1. The summed E-state index contributed by atoms with van der Waals surface area (Å²) in [7, 11) is 0. The molecule has 3 N–H and O–H groups in total. The zero-order valence-electron chi connectivity index (χ0n) is 10.5. The van der Waals surface area contributed by atoms with Gasteiger partial charge in [-0.2, -0.15) is 0 Å². The van der Waals surface area contributed by atoms with Gasteiger partial charge in [0.1, 0.15) is 5.84 Å². The molecular weight excluding hydrogens is 250 g/mol. The summed E-state index contributed by atoms with van der Waals surface area (Å²) in [6.45, 7) is 4.37. The Morgan fingerprint density at radius 1 is 1.56 bits per heavy atom. The molecule has 0 aromatic heterocycles. The van der Waals surface area contributed by atoms with E-state index in [1.165, 1.54) is 0 Å². The smallest absolute Gasteiger partial charge is 0.230 e. The van der Waals surface area contributed by atoms with Crippen LogP contribution in [0.3, 0.4) is 0 Å². The van der Waals surface area contributed by atoms with Crippen molar-refractivity contribution in [1.29, 1.82) is 0 Å². The molecule has 1 aliphatic rings.